The highest BCUT2D eigenvalue weighted by molar-refractivity contribution is 7.92. The van der Waals surface area contributed by atoms with Crippen molar-refractivity contribution >= 4 is 15.5 Å². The van der Waals surface area contributed by atoms with E-state index in [2.05, 4.69) is 17.6 Å². The third kappa shape index (κ3) is 4.49. The Kier molecular flexibility index (Phi) is 5.65. The number of anilines is 1. The number of halogens is 1. The van der Waals surface area contributed by atoms with Gasteiger partial charge in [0.05, 0.1) is 15.8 Å². The van der Waals surface area contributed by atoms with Gasteiger partial charge in [-0.3, -0.25) is 0 Å². The number of benzene rings is 3. The molecule has 0 saturated heterocycles. The zero-order valence-corrected chi connectivity index (χ0v) is 16.8. The van der Waals surface area contributed by atoms with Crippen molar-refractivity contribution in [1.29, 1.82) is 0 Å². The molecular formula is C23H23FN2O2S. The lowest BCUT2D eigenvalue weighted by Gasteiger charge is -2.25. The van der Waals surface area contributed by atoms with E-state index in [1.54, 1.807) is 0 Å². The number of rotatable bonds is 5. The quantitative estimate of drug-likeness (QED) is 0.644. The summed E-state index contributed by atoms with van der Waals surface area (Å²) in [6.45, 7) is 1.02. The van der Waals surface area contributed by atoms with Crippen molar-refractivity contribution in [1.82, 2.24) is 5.01 Å². The molecule has 3 aromatic rings. The number of nitrogens with zero attached hydrogens (tertiary/aromatic N) is 1. The fourth-order valence-electron chi connectivity index (χ4n) is 3.66. The summed E-state index contributed by atoms with van der Waals surface area (Å²) < 4.78 is 39.9. The largest absolute Gasteiger partial charge is 0.319 e. The van der Waals surface area contributed by atoms with Crippen LogP contribution < -0.4 is 5.43 Å². The van der Waals surface area contributed by atoms with E-state index in [1.807, 2.05) is 47.5 Å². The van der Waals surface area contributed by atoms with E-state index in [4.69, 9.17) is 0 Å². The lowest BCUT2D eigenvalue weighted by Crippen LogP contribution is -2.40. The van der Waals surface area contributed by atoms with Gasteiger partial charge in [-0.05, 0) is 54.3 Å². The van der Waals surface area contributed by atoms with Crippen molar-refractivity contribution in [3.05, 3.63) is 95.8 Å². The molecule has 0 aromatic heterocycles. The first kappa shape index (κ1) is 19.6. The van der Waals surface area contributed by atoms with E-state index in [1.165, 1.54) is 29.8 Å². The number of hydrogen-bond donors (Lipinski definition) is 1. The first-order valence-electron chi connectivity index (χ1n) is 9.65. The summed E-state index contributed by atoms with van der Waals surface area (Å²) in [5.74, 6) is -0.443. The van der Waals surface area contributed by atoms with E-state index in [-0.39, 0.29) is 4.90 Å². The van der Waals surface area contributed by atoms with E-state index in [9.17, 15) is 12.8 Å². The zero-order valence-electron chi connectivity index (χ0n) is 16.0. The van der Waals surface area contributed by atoms with Crippen LogP contribution >= 0.6 is 0 Å². The molecule has 6 heteroatoms. The van der Waals surface area contributed by atoms with Gasteiger partial charge < -0.3 is 5.43 Å². The van der Waals surface area contributed by atoms with Gasteiger partial charge in [0, 0.05) is 13.1 Å². The molecule has 4 nitrogen and oxygen atoms in total. The van der Waals surface area contributed by atoms with Crippen molar-refractivity contribution in [2.75, 3.05) is 18.5 Å². The molecular weight excluding hydrogens is 387 g/mol. The van der Waals surface area contributed by atoms with Crippen LogP contribution in [0.5, 0.6) is 0 Å². The summed E-state index contributed by atoms with van der Waals surface area (Å²) in [5.41, 5.74) is 6.49. The summed E-state index contributed by atoms with van der Waals surface area (Å²) in [7, 11) is -3.61. The van der Waals surface area contributed by atoms with Crippen molar-refractivity contribution < 1.29 is 12.8 Å². The highest BCUT2D eigenvalue weighted by atomic mass is 32.2. The minimum Gasteiger partial charge on any atom is -0.319 e. The van der Waals surface area contributed by atoms with Crippen molar-refractivity contribution in [3.8, 4) is 0 Å². The maximum absolute atomic E-state index is 13.3. The van der Waals surface area contributed by atoms with Crippen molar-refractivity contribution in [2.45, 2.75) is 23.0 Å². The average molecular weight is 411 g/mol. The fourth-order valence-corrected chi connectivity index (χ4v) is 5.33. The van der Waals surface area contributed by atoms with Gasteiger partial charge in [-0.25, -0.2) is 17.8 Å². The molecule has 0 radical (unpaired) electrons. The van der Waals surface area contributed by atoms with Crippen molar-refractivity contribution in [2.24, 2.45) is 0 Å². The van der Waals surface area contributed by atoms with Gasteiger partial charge in [-0.1, -0.05) is 48.5 Å². The zero-order chi connectivity index (χ0) is 20.3. The fraction of sp³-hybridized carbons (Fsp3) is 0.217. The Hall–Kier alpha value is -2.70. The predicted molar refractivity (Wildman–Crippen MR) is 113 cm³/mol. The number of nitrogens with one attached hydrogen (secondary N) is 1. The second-order valence-corrected chi connectivity index (χ2v) is 9.50. The van der Waals surface area contributed by atoms with Crippen LogP contribution in [-0.2, 0) is 22.7 Å². The molecule has 1 aliphatic heterocycles. The summed E-state index contributed by atoms with van der Waals surface area (Å²) >= 11 is 0. The molecule has 0 spiro atoms. The molecule has 1 atom stereocenters. The van der Waals surface area contributed by atoms with Gasteiger partial charge in [0.15, 0.2) is 9.84 Å². The second kappa shape index (κ2) is 8.35. The number of fused-ring (bicyclic) bond motifs is 1. The second-order valence-electron chi connectivity index (χ2n) is 7.28. The molecule has 0 amide bonds. The predicted octanol–water partition coefficient (Wildman–Crippen LogP) is 4.10. The first-order valence-corrected chi connectivity index (χ1v) is 11.2. The third-order valence-electron chi connectivity index (χ3n) is 5.26. The van der Waals surface area contributed by atoms with Gasteiger partial charge in [-0.2, -0.15) is 0 Å². The average Bonchev–Trinajstić information content (AvgIpc) is 2.93. The van der Waals surface area contributed by atoms with Crippen LogP contribution in [0.15, 0.2) is 83.8 Å². The number of sulfone groups is 1. The molecule has 1 unspecified atom stereocenters. The Bertz CT molecular complexity index is 1070. The van der Waals surface area contributed by atoms with Gasteiger partial charge in [0.1, 0.15) is 5.82 Å². The molecule has 1 N–H and O–H groups in total. The first-order chi connectivity index (χ1) is 14.0. The maximum Gasteiger partial charge on any atom is 0.182 e. The smallest absolute Gasteiger partial charge is 0.182 e. The van der Waals surface area contributed by atoms with Crippen LogP contribution in [0, 0.1) is 5.82 Å². The standard InChI is InChI=1S/C23H23FN2O2S/c24-20-10-12-21(13-11-20)29(27,28)22-16-19-8-4-5-9-23(19)25-26(17-22)15-14-18-6-2-1-3-7-18/h1-13,22,25H,14-17H2. The molecule has 150 valence electrons. The van der Waals surface area contributed by atoms with Crippen LogP contribution in [0.4, 0.5) is 10.1 Å². The summed E-state index contributed by atoms with van der Waals surface area (Å²) in [6, 6.07) is 23.0. The van der Waals surface area contributed by atoms with E-state index in [0.29, 0.717) is 19.5 Å². The topological polar surface area (TPSA) is 49.4 Å². The van der Waals surface area contributed by atoms with Crippen LogP contribution in [0.2, 0.25) is 0 Å². The van der Waals surface area contributed by atoms with Gasteiger partial charge in [0.2, 0.25) is 0 Å². The summed E-state index contributed by atoms with van der Waals surface area (Å²) in [6.07, 6.45) is 1.21. The number of hydrogen-bond acceptors (Lipinski definition) is 4. The van der Waals surface area contributed by atoms with Gasteiger partial charge >= 0.3 is 0 Å². The Morgan fingerprint density at radius 2 is 1.62 bits per heavy atom. The van der Waals surface area contributed by atoms with E-state index < -0.39 is 20.9 Å². The Balaban J connectivity index is 1.62. The lowest BCUT2D eigenvalue weighted by atomic mass is 10.1. The molecule has 0 aliphatic carbocycles. The molecule has 0 bridgehead atoms. The summed E-state index contributed by atoms with van der Waals surface area (Å²) in [5, 5.41) is 1.35. The highest BCUT2D eigenvalue weighted by Crippen LogP contribution is 2.27. The molecule has 1 aliphatic rings. The van der Waals surface area contributed by atoms with E-state index >= 15 is 0 Å². The van der Waals surface area contributed by atoms with Crippen LogP contribution in [0.1, 0.15) is 11.1 Å². The Morgan fingerprint density at radius 1 is 0.931 bits per heavy atom. The molecule has 0 saturated carbocycles. The molecule has 1 heterocycles. The van der Waals surface area contributed by atoms with Crippen LogP contribution in [0.3, 0.4) is 0 Å². The number of hydrazine groups is 1. The Morgan fingerprint density at radius 3 is 2.38 bits per heavy atom. The minimum atomic E-state index is -3.61. The van der Waals surface area contributed by atoms with Crippen LogP contribution in [0.25, 0.3) is 0 Å². The summed E-state index contributed by atoms with van der Waals surface area (Å²) in [4.78, 5) is 0.159. The van der Waals surface area contributed by atoms with Gasteiger partial charge in [-0.15, -0.1) is 0 Å². The third-order valence-corrected chi connectivity index (χ3v) is 7.38. The van der Waals surface area contributed by atoms with Crippen molar-refractivity contribution in [3.63, 3.8) is 0 Å². The van der Waals surface area contributed by atoms with Crippen LogP contribution in [-0.4, -0.2) is 31.8 Å². The lowest BCUT2D eigenvalue weighted by molar-refractivity contribution is 0.334. The monoisotopic (exact) mass is 410 g/mol. The highest BCUT2D eigenvalue weighted by Gasteiger charge is 2.32. The normalized spacial score (nSPS) is 17.2. The Labute approximate surface area is 170 Å². The van der Waals surface area contributed by atoms with Gasteiger partial charge in [0.25, 0.3) is 0 Å². The SMILES string of the molecule is O=S(=O)(c1ccc(F)cc1)C1Cc2ccccc2NN(CCc2ccccc2)C1. The molecule has 4 rings (SSSR count). The maximum atomic E-state index is 13.3. The molecule has 0 fully saturated rings. The van der Waals surface area contributed by atoms with E-state index in [0.717, 1.165) is 17.7 Å². The molecule has 29 heavy (non-hydrogen) atoms. The minimum absolute atomic E-state index is 0.159. The molecule has 3 aromatic carbocycles. The number of para-hydroxylation sites is 1.